The SMILES string of the molecule is Cc1nsc(NCCC(C)(C)N)n1. The molecule has 0 aromatic carbocycles. The van der Waals surface area contributed by atoms with Gasteiger partial charge in [-0.15, -0.1) is 0 Å². The van der Waals surface area contributed by atoms with Crippen molar-refractivity contribution < 1.29 is 0 Å². The number of aromatic nitrogens is 2. The van der Waals surface area contributed by atoms with Gasteiger partial charge in [-0.1, -0.05) is 0 Å². The van der Waals surface area contributed by atoms with E-state index in [1.165, 1.54) is 11.5 Å². The lowest BCUT2D eigenvalue weighted by Gasteiger charge is -2.17. The van der Waals surface area contributed by atoms with Crippen molar-refractivity contribution in [2.45, 2.75) is 32.7 Å². The number of hydrogen-bond donors (Lipinski definition) is 2. The molecule has 0 amide bonds. The molecule has 0 atom stereocenters. The van der Waals surface area contributed by atoms with E-state index < -0.39 is 0 Å². The molecule has 1 aromatic rings. The van der Waals surface area contributed by atoms with E-state index in [4.69, 9.17) is 5.73 Å². The Balaban J connectivity index is 2.28. The molecule has 5 heteroatoms. The minimum atomic E-state index is -0.118. The van der Waals surface area contributed by atoms with E-state index >= 15 is 0 Å². The lowest BCUT2D eigenvalue weighted by Crippen LogP contribution is -2.34. The Morgan fingerprint density at radius 2 is 2.23 bits per heavy atom. The quantitative estimate of drug-likeness (QED) is 0.771. The van der Waals surface area contributed by atoms with Crippen LogP contribution in [0.1, 0.15) is 26.1 Å². The Labute approximate surface area is 82.7 Å². The van der Waals surface area contributed by atoms with Gasteiger partial charge >= 0.3 is 0 Å². The van der Waals surface area contributed by atoms with Crippen molar-refractivity contribution in [3.05, 3.63) is 5.82 Å². The number of rotatable bonds is 4. The summed E-state index contributed by atoms with van der Waals surface area (Å²) in [6.07, 6.45) is 0.922. The summed E-state index contributed by atoms with van der Waals surface area (Å²) in [5.74, 6) is 0.819. The summed E-state index contributed by atoms with van der Waals surface area (Å²) in [6, 6.07) is 0. The molecule has 0 bridgehead atoms. The summed E-state index contributed by atoms with van der Waals surface area (Å²) >= 11 is 1.39. The molecular weight excluding hydrogens is 184 g/mol. The molecule has 0 aliphatic carbocycles. The predicted molar refractivity (Wildman–Crippen MR) is 56.0 cm³/mol. The molecule has 0 unspecified atom stereocenters. The Kier molecular flexibility index (Phi) is 3.22. The molecule has 0 fully saturated rings. The third-order valence-electron chi connectivity index (χ3n) is 1.57. The smallest absolute Gasteiger partial charge is 0.202 e. The molecule has 1 heterocycles. The largest absolute Gasteiger partial charge is 0.360 e. The van der Waals surface area contributed by atoms with Crippen LogP contribution in [-0.2, 0) is 0 Å². The summed E-state index contributed by atoms with van der Waals surface area (Å²) < 4.78 is 4.07. The van der Waals surface area contributed by atoms with Crippen LogP contribution in [-0.4, -0.2) is 21.4 Å². The molecule has 0 saturated heterocycles. The van der Waals surface area contributed by atoms with Crippen molar-refractivity contribution in [1.29, 1.82) is 0 Å². The summed E-state index contributed by atoms with van der Waals surface area (Å²) in [7, 11) is 0. The highest BCUT2D eigenvalue weighted by atomic mass is 32.1. The Morgan fingerprint density at radius 3 is 2.69 bits per heavy atom. The van der Waals surface area contributed by atoms with E-state index in [2.05, 4.69) is 14.7 Å². The summed E-state index contributed by atoms with van der Waals surface area (Å²) in [5, 5.41) is 4.06. The van der Waals surface area contributed by atoms with Crippen LogP contribution < -0.4 is 11.1 Å². The van der Waals surface area contributed by atoms with Crippen molar-refractivity contribution in [3.63, 3.8) is 0 Å². The van der Waals surface area contributed by atoms with Gasteiger partial charge in [0.2, 0.25) is 5.13 Å². The highest BCUT2D eigenvalue weighted by molar-refractivity contribution is 7.09. The maximum atomic E-state index is 5.83. The molecule has 1 aromatic heterocycles. The average Bonchev–Trinajstić information content (AvgIpc) is 2.33. The van der Waals surface area contributed by atoms with Gasteiger partial charge < -0.3 is 11.1 Å². The van der Waals surface area contributed by atoms with E-state index in [9.17, 15) is 0 Å². The van der Waals surface area contributed by atoms with Crippen molar-refractivity contribution in [2.24, 2.45) is 5.73 Å². The van der Waals surface area contributed by atoms with Gasteiger partial charge in [0.05, 0.1) is 0 Å². The highest BCUT2D eigenvalue weighted by Crippen LogP contribution is 2.11. The molecule has 74 valence electrons. The van der Waals surface area contributed by atoms with Gasteiger partial charge in [0, 0.05) is 23.6 Å². The first-order valence-corrected chi connectivity index (χ1v) is 5.08. The Bertz CT molecular complexity index is 263. The maximum Gasteiger partial charge on any atom is 0.202 e. The fraction of sp³-hybridized carbons (Fsp3) is 0.750. The van der Waals surface area contributed by atoms with Crippen LogP contribution in [0.15, 0.2) is 0 Å². The van der Waals surface area contributed by atoms with Crippen molar-refractivity contribution >= 4 is 16.7 Å². The highest BCUT2D eigenvalue weighted by Gasteiger charge is 2.09. The van der Waals surface area contributed by atoms with Gasteiger partial charge in [0.15, 0.2) is 0 Å². The number of nitrogens with zero attached hydrogens (tertiary/aromatic N) is 2. The zero-order chi connectivity index (χ0) is 9.90. The van der Waals surface area contributed by atoms with Crippen LogP contribution in [0.25, 0.3) is 0 Å². The second-order valence-corrected chi connectivity index (χ2v) is 4.56. The van der Waals surface area contributed by atoms with Gasteiger partial charge in [0.25, 0.3) is 0 Å². The lowest BCUT2D eigenvalue weighted by molar-refractivity contribution is 0.491. The first-order chi connectivity index (χ1) is 5.97. The first kappa shape index (κ1) is 10.4. The number of nitrogens with two attached hydrogens (primary N) is 1. The fourth-order valence-corrected chi connectivity index (χ4v) is 1.46. The van der Waals surface area contributed by atoms with Gasteiger partial charge in [-0.2, -0.15) is 4.37 Å². The average molecular weight is 200 g/mol. The third kappa shape index (κ3) is 4.19. The fourth-order valence-electron chi connectivity index (χ4n) is 0.860. The van der Waals surface area contributed by atoms with Crippen LogP contribution in [0.2, 0.25) is 0 Å². The predicted octanol–water partition coefficient (Wildman–Crippen LogP) is 1.39. The molecule has 3 N–H and O–H groups in total. The second-order valence-electron chi connectivity index (χ2n) is 3.81. The van der Waals surface area contributed by atoms with Gasteiger partial charge in [-0.3, -0.25) is 0 Å². The van der Waals surface area contributed by atoms with Crippen molar-refractivity contribution in [1.82, 2.24) is 9.36 Å². The zero-order valence-electron chi connectivity index (χ0n) is 8.29. The lowest BCUT2D eigenvalue weighted by atomic mass is 10.0. The van der Waals surface area contributed by atoms with Crippen molar-refractivity contribution in [3.8, 4) is 0 Å². The van der Waals surface area contributed by atoms with Gasteiger partial charge in [0.1, 0.15) is 5.82 Å². The van der Waals surface area contributed by atoms with Crippen LogP contribution in [0, 0.1) is 6.92 Å². The van der Waals surface area contributed by atoms with Crippen LogP contribution in [0.4, 0.5) is 5.13 Å². The first-order valence-electron chi connectivity index (χ1n) is 4.30. The third-order valence-corrected chi connectivity index (χ3v) is 2.34. The van der Waals surface area contributed by atoms with Gasteiger partial charge in [-0.05, 0) is 27.2 Å². The Morgan fingerprint density at radius 1 is 1.54 bits per heavy atom. The maximum absolute atomic E-state index is 5.83. The second kappa shape index (κ2) is 4.02. The molecule has 1 rings (SSSR count). The normalized spacial score (nSPS) is 11.7. The monoisotopic (exact) mass is 200 g/mol. The minimum Gasteiger partial charge on any atom is -0.360 e. The molecule has 13 heavy (non-hydrogen) atoms. The number of anilines is 1. The minimum absolute atomic E-state index is 0.118. The van der Waals surface area contributed by atoms with E-state index in [0.717, 1.165) is 23.9 Å². The number of nitrogens with one attached hydrogen (secondary N) is 1. The van der Waals surface area contributed by atoms with Crippen molar-refractivity contribution in [2.75, 3.05) is 11.9 Å². The van der Waals surface area contributed by atoms with Gasteiger partial charge in [-0.25, -0.2) is 4.98 Å². The van der Waals surface area contributed by atoms with E-state index in [-0.39, 0.29) is 5.54 Å². The molecule has 0 aliphatic heterocycles. The zero-order valence-corrected chi connectivity index (χ0v) is 9.11. The molecule has 0 spiro atoms. The Hall–Kier alpha value is -0.680. The standard InChI is InChI=1S/C8H16N4S/c1-6-11-7(13-12-6)10-5-4-8(2,3)9/h4-5,9H2,1-3H3,(H,10,11,12). The molecule has 4 nitrogen and oxygen atoms in total. The number of hydrogen-bond acceptors (Lipinski definition) is 5. The van der Waals surface area contributed by atoms with Crippen LogP contribution in [0.3, 0.4) is 0 Å². The number of aryl methyl sites for hydroxylation is 1. The van der Waals surface area contributed by atoms with E-state index in [1.54, 1.807) is 0 Å². The van der Waals surface area contributed by atoms with Crippen LogP contribution in [0.5, 0.6) is 0 Å². The molecule has 0 radical (unpaired) electrons. The topological polar surface area (TPSA) is 63.8 Å². The molecule has 0 aliphatic rings. The summed E-state index contributed by atoms with van der Waals surface area (Å²) in [4.78, 5) is 4.19. The summed E-state index contributed by atoms with van der Waals surface area (Å²) in [5.41, 5.74) is 5.71. The van der Waals surface area contributed by atoms with Crippen LogP contribution >= 0.6 is 11.5 Å². The molecule has 0 saturated carbocycles. The summed E-state index contributed by atoms with van der Waals surface area (Å²) in [6.45, 7) is 6.76. The van der Waals surface area contributed by atoms with E-state index in [1.807, 2.05) is 20.8 Å². The van der Waals surface area contributed by atoms with E-state index in [0.29, 0.717) is 0 Å². The molecular formula is C8H16N4S.